The summed E-state index contributed by atoms with van der Waals surface area (Å²) in [4.78, 5) is 24.8. The average Bonchev–Trinajstić information content (AvgIpc) is 3.14. The molecular weight excluding hydrogens is 342 g/mol. The van der Waals surface area contributed by atoms with Gasteiger partial charge in [-0.05, 0) is 31.2 Å². The second-order valence-electron chi connectivity index (χ2n) is 7.26. The van der Waals surface area contributed by atoms with Crippen molar-refractivity contribution in [2.45, 2.75) is 57.6 Å². The van der Waals surface area contributed by atoms with E-state index in [1.54, 1.807) is 13.2 Å². The van der Waals surface area contributed by atoms with Gasteiger partial charge in [-0.3, -0.25) is 9.59 Å². The van der Waals surface area contributed by atoms with E-state index in [0.717, 1.165) is 31.2 Å². The summed E-state index contributed by atoms with van der Waals surface area (Å²) in [6.07, 6.45) is 3.96. The van der Waals surface area contributed by atoms with Crippen molar-refractivity contribution in [1.29, 1.82) is 0 Å². The summed E-state index contributed by atoms with van der Waals surface area (Å²) in [5, 5.41) is 3.11. The third-order valence-corrected chi connectivity index (χ3v) is 5.39. The lowest BCUT2D eigenvalue weighted by atomic mass is 9.92. The molecule has 1 N–H and O–H groups in total. The van der Waals surface area contributed by atoms with Crippen LogP contribution in [0.25, 0.3) is 0 Å². The zero-order chi connectivity index (χ0) is 19.4. The number of methoxy groups -OCH3 is 1. The predicted octanol–water partition coefficient (Wildman–Crippen LogP) is 4.32. The summed E-state index contributed by atoms with van der Waals surface area (Å²) >= 11 is 0. The molecule has 0 spiro atoms. The normalized spacial score (nSPS) is 20.9. The van der Waals surface area contributed by atoms with Crippen molar-refractivity contribution in [3.05, 3.63) is 59.0 Å². The maximum Gasteiger partial charge on any atom is 0.255 e. The van der Waals surface area contributed by atoms with Crippen LogP contribution in [0.4, 0.5) is 0 Å². The van der Waals surface area contributed by atoms with Crippen LogP contribution in [0.15, 0.2) is 40.8 Å². The van der Waals surface area contributed by atoms with E-state index >= 15 is 0 Å². The third kappa shape index (κ3) is 4.48. The Morgan fingerprint density at radius 1 is 1.15 bits per heavy atom. The number of Topliss-reactive ketones (excluding diaryl/α,β-unsaturated/α-hetero) is 1. The van der Waals surface area contributed by atoms with Gasteiger partial charge < -0.3 is 14.5 Å². The molecule has 1 fully saturated rings. The van der Waals surface area contributed by atoms with Gasteiger partial charge in [-0.2, -0.15) is 0 Å². The number of amides is 1. The smallest absolute Gasteiger partial charge is 0.255 e. The topological polar surface area (TPSA) is 68.5 Å². The van der Waals surface area contributed by atoms with Crippen molar-refractivity contribution in [1.82, 2.24) is 5.32 Å². The van der Waals surface area contributed by atoms with Gasteiger partial charge in [0.1, 0.15) is 5.76 Å². The maximum absolute atomic E-state index is 12.9. The fourth-order valence-corrected chi connectivity index (χ4v) is 3.68. The van der Waals surface area contributed by atoms with Crippen molar-refractivity contribution in [3.63, 3.8) is 0 Å². The number of furan rings is 1. The van der Waals surface area contributed by atoms with E-state index in [1.165, 1.54) is 6.92 Å². The molecule has 0 radical (unpaired) electrons. The van der Waals surface area contributed by atoms with E-state index in [-0.39, 0.29) is 35.5 Å². The molecule has 1 aromatic heterocycles. The van der Waals surface area contributed by atoms with Gasteiger partial charge in [0.2, 0.25) is 0 Å². The zero-order valence-electron chi connectivity index (χ0n) is 16.2. The highest BCUT2D eigenvalue weighted by Crippen LogP contribution is 2.30. The van der Waals surface area contributed by atoms with Gasteiger partial charge in [0.25, 0.3) is 5.91 Å². The highest BCUT2D eigenvalue weighted by Gasteiger charge is 2.28. The lowest BCUT2D eigenvalue weighted by molar-refractivity contribution is 0.0599. The summed E-state index contributed by atoms with van der Waals surface area (Å²) in [6, 6.07) is 11.5. The van der Waals surface area contributed by atoms with Crippen molar-refractivity contribution in [2.24, 2.45) is 0 Å². The Morgan fingerprint density at radius 2 is 1.81 bits per heavy atom. The molecule has 1 atom stereocenters. The van der Waals surface area contributed by atoms with E-state index in [1.807, 2.05) is 37.3 Å². The number of ether oxygens (including phenoxy) is 1. The maximum atomic E-state index is 12.9. The Balaban J connectivity index is 1.81. The Hall–Kier alpha value is -2.40. The van der Waals surface area contributed by atoms with Crippen LogP contribution in [-0.2, 0) is 4.74 Å². The Bertz CT molecular complexity index is 788. The predicted molar refractivity (Wildman–Crippen MR) is 103 cm³/mol. The van der Waals surface area contributed by atoms with Crippen LogP contribution in [0.1, 0.15) is 77.7 Å². The molecule has 1 unspecified atom stereocenters. The van der Waals surface area contributed by atoms with Crippen LogP contribution in [0.2, 0.25) is 0 Å². The molecule has 144 valence electrons. The largest absolute Gasteiger partial charge is 0.456 e. The molecular formula is C22H27NO4. The summed E-state index contributed by atoms with van der Waals surface area (Å²) in [6.45, 7) is 3.43. The lowest BCUT2D eigenvalue weighted by Crippen LogP contribution is -2.39. The Labute approximate surface area is 160 Å². The van der Waals surface area contributed by atoms with E-state index < -0.39 is 0 Å². The first-order valence-electron chi connectivity index (χ1n) is 9.52. The van der Waals surface area contributed by atoms with E-state index in [9.17, 15) is 9.59 Å². The Morgan fingerprint density at radius 3 is 2.41 bits per heavy atom. The molecule has 27 heavy (non-hydrogen) atoms. The molecule has 0 aliphatic heterocycles. The monoisotopic (exact) mass is 369 g/mol. The number of ketones is 1. The van der Waals surface area contributed by atoms with Crippen molar-refractivity contribution in [2.75, 3.05) is 7.11 Å². The average molecular weight is 369 g/mol. The molecule has 1 heterocycles. The van der Waals surface area contributed by atoms with E-state index in [4.69, 9.17) is 9.15 Å². The number of rotatable bonds is 6. The van der Waals surface area contributed by atoms with Crippen LogP contribution < -0.4 is 5.32 Å². The van der Waals surface area contributed by atoms with Crippen molar-refractivity contribution in [3.8, 4) is 0 Å². The third-order valence-electron chi connectivity index (χ3n) is 5.39. The molecule has 0 bridgehead atoms. The second kappa shape index (κ2) is 8.53. The van der Waals surface area contributed by atoms with Crippen LogP contribution in [0, 0.1) is 0 Å². The minimum atomic E-state index is -0.184. The number of hydrogen-bond acceptors (Lipinski definition) is 4. The molecule has 3 rings (SSSR count). The van der Waals surface area contributed by atoms with Gasteiger partial charge in [-0.15, -0.1) is 0 Å². The summed E-state index contributed by atoms with van der Waals surface area (Å²) in [7, 11) is 1.73. The first-order valence-corrected chi connectivity index (χ1v) is 9.52. The number of nitrogens with one attached hydrogen (secondary N) is 1. The standard InChI is InChI=1S/C22H27NO4/c1-14(16-7-5-4-6-8-16)21-19(13-20(27-21)15(2)24)22(25)23-17-9-11-18(26-3)12-10-17/h4-8,13-14,17-18H,9-12H2,1-3H3,(H,23,25). The van der Waals surface area contributed by atoms with Crippen LogP contribution >= 0.6 is 0 Å². The molecule has 1 saturated carbocycles. The fraction of sp³-hybridized carbons (Fsp3) is 0.455. The van der Waals surface area contributed by atoms with Gasteiger partial charge in [-0.1, -0.05) is 37.3 Å². The van der Waals surface area contributed by atoms with Crippen LogP contribution in [0.3, 0.4) is 0 Å². The minimum absolute atomic E-state index is 0.121. The summed E-state index contributed by atoms with van der Waals surface area (Å²) < 4.78 is 11.2. The van der Waals surface area contributed by atoms with Gasteiger partial charge in [0.15, 0.2) is 11.5 Å². The van der Waals surface area contributed by atoms with Crippen LogP contribution in [-0.4, -0.2) is 30.9 Å². The summed E-state index contributed by atoms with van der Waals surface area (Å²) in [5.41, 5.74) is 1.49. The van der Waals surface area contributed by atoms with Crippen LogP contribution in [0.5, 0.6) is 0 Å². The lowest BCUT2D eigenvalue weighted by Gasteiger charge is -2.28. The highest BCUT2D eigenvalue weighted by atomic mass is 16.5. The number of benzene rings is 1. The fourth-order valence-electron chi connectivity index (χ4n) is 3.68. The SMILES string of the molecule is COC1CCC(NC(=O)c2cc(C(C)=O)oc2C(C)c2ccccc2)CC1. The molecule has 1 aliphatic rings. The first kappa shape index (κ1) is 19.4. The molecule has 1 aliphatic carbocycles. The summed E-state index contributed by atoms with van der Waals surface area (Å²) in [5.74, 6) is 0.279. The first-order chi connectivity index (χ1) is 13.0. The molecule has 1 amide bonds. The van der Waals surface area contributed by atoms with Crippen molar-refractivity contribution >= 4 is 11.7 Å². The van der Waals surface area contributed by atoms with E-state index in [2.05, 4.69) is 5.32 Å². The molecule has 1 aromatic carbocycles. The van der Waals surface area contributed by atoms with Gasteiger partial charge in [-0.25, -0.2) is 0 Å². The van der Waals surface area contributed by atoms with Gasteiger partial charge in [0.05, 0.1) is 11.7 Å². The quantitative estimate of drug-likeness (QED) is 0.770. The number of carbonyl (C=O) groups excluding carboxylic acids is 2. The van der Waals surface area contributed by atoms with Gasteiger partial charge >= 0.3 is 0 Å². The zero-order valence-corrected chi connectivity index (χ0v) is 16.2. The highest BCUT2D eigenvalue weighted by molar-refractivity contribution is 5.99. The number of hydrogen-bond donors (Lipinski definition) is 1. The number of carbonyl (C=O) groups is 2. The molecule has 5 heteroatoms. The van der Waals surface area contributed by atoms with E-state index in [0.29, 0.717) is 11.3 Å². The Kier molecular flexibility index (Phi) is 6.11. The van der Waals surface area contributed by atoms with Gasteiger partial charge in [0, 0.05) is 32.1 Å². The molecule has 0 saturated heterocycles. The second-order valence-corrected chi connectivity index (χ2v) is 7.26. The van der Waals surface area contributed by atoms with Crippen molar-refractivity contribution < 1.29 is 18.7 Å². The minimum Gasteiger partial charge on any atom is -0.456 e. The molecule has 5 nitrogen and oxygen atoms in total. The molecule has 2 aromatic rings.